The average molecular weight is 263 g/mol. The van der Waals surface area contributed by atoms with Gasteiger partial charge in [-0.05, 0) is 29.8 Å². The number of amidine groups is 1. The molecule has 4 heteroatoms. The Bertz CT molecular complexity index is 497. The third kappa shape index (κ3) is 3.79. The lowest BCUT2D eigenvalue weighted by Gasteiger charge is -2.06. The molecular formula is C14H15ClN2O. The Morgan fingerprint density at radius 1 is 1.00 bits per heavy atom. The largest absolute Gasteiger partial charge is 0.489 e. The van der Waals surface area contributed by atoms with Gasteiger partial charge in [-0.1, -0.05) is 30.3 Å². The zero-order chi connectivity index (χ0) is 12.1. The van der Waals surface area contributed by atoms with E-state index in [1.807, 2.05) is 42.5 Å². The van der Waals surface area contributed by atoms with Crippen molar-refractivity contribution >= 4 is 18.2 Å². The van der Waals surface area contributed by atoms with E-state index in [2.05, 4.69) is 0 Å². The van der Waals surface area contributed by atoms with Crippen LogP contribution in [0.25, 0.3) is 0 Å². The maximum absolute atomic E-state index is 7.28. The summed E-state index contributed by atoms with van der Waals surface area (Å²) in [4.78, 5) is 0. The lowest BCUT2D eigenvalue weighted by molar-refractivity contribution is 0.306. The predicted octanol–water partition coefficient (Wildman–Crippen LogP) is 2.97. The van der Waals surface area contributed by atoms with Crippen LogP contribution in [-0.2, 0) is 6.61 Å². The minimum atomic E-state index is 0. The predicted molar refractivity (Wildman–Crippen MR) is 75.5 cm³/mol. The van der Waals surface area contributed by atoms with Crippen molar-refractivity contribution in [1.82, 2.24) is 0 Å². The first-order chi connectivity index (χ1) is 8.25. The maximum Gasteiger partial charge on any atom is 0.122 e. The second kappa shape index (κ2) is 6.67. The maximum atomic E-state index is 7.28. The Kier molecular flexibility index (Phi) is 5.21. The Labute approximate surface area is 113 Å². The lowest BCUT2D eigenvalue weighted by Crippen LogP contribution is -2.10. The second-order valence-electron chi connectivity index (χ2n) is 3.71. The molecule has 0 aliphatic rings. The highest BCUT2D eigenvalue weighted by Crippen LogP contribution is 2.13. The molecule has 0 aromatic heterocycles. The standard InChI is InChI=1S/C14H14N2O.ClH/c15-14(16)12-6-8-13(9-7-12)17-10-11-4-2-1-3-5-11;/h1-9H,10H2,(H3,15,16);1H. The molecule has 0 atom stereocenters. The van der Waals surface area contributed by atoms with Gasteiger partial charge in [0.1, 0.15) is 18.2 Å². The first-order valence-electron chi connectivity index (χ1n) is 5.37. The van der Waals surface area contributed by atoms with E-state index in [0.29, 0.717) is 12.2 Å². The fraction of sp³-hybridized carbons (Fsp3) is 0.0714. The molecule has 3 N–H and O–H groups in total. The highest BCUT2D eigenvalue weighted by molar-refractivity contribution is 5.94. The zero-order valence-corrected chi connectivity index (χ0v) is 10.6. The number of rotatable bonds is 4. The first kappa shape index (κ1) is 14.1. The average Bonchev–Trinajstić information content (AvgIpc) is 2.38. The number of nitrogens with two attached hydrogens (primary N) is 1. The van der Waals surface area contributed by atoms with Gasteiger partial charge in [0.25, 0.3) is 0 Å². The van der Waals surface area contributed by atoms with E-state index in [4.69, 9.17) is 15.9 Å². The first-order valence-corrected chi connectivity index (χ1v) is 5.37. The van der Waals surface area contributed by atoms with E-state index in [-0.39, 0.29) is 18.2 Å². The molecule has 2 rings (SSSR count). The minimum absolute atomic E-state index is 0. The van der Waals surface area contributed by atoms with Crippen LogP contribution in [0.2, 0.25) is 0 Å². The summed E-state index contributed by atoms with van der Waals surface area (Å²) < 4.78 is 5.62. The fourth-order valence-electron chi connectivity index (χ4n) is 1.47. The number of benzene rings is 2. The van der Waals surface area contributed by atoms with Crippen LogP contribution in [0, 0.1) is 5.41 Å². The van der Waals surface area contributed by atoms with Gasteiger partial charge in [0.05, 0.1) is 0 Å². The molecule has 0 unspecified atom stereocenters. The topological polar surface area (TPSA) is 59.1 Å². The Morgan fingerprint density at radius 3 is 2.17 bits per heavy atom. The van der Waals surface area contributed by atoms with Crippen LogP contribution >= 0.6 is 12.4 Å². The Hall–Kier alpha value is -2.00. The smallest absolute Gasteiger partial charge is 0.122 e. The highest BCUT2D eigenvalue weighted by atomic mass is 35.5. The van der Waals surface area contributed by atoms with E-state index in [9.17, 15) is 0 Å². The van der Waals surface area contributed by atoms with Crippen molar-refractivity contribution in [3.8, 4) is 5.75 Å². The Morgan fingerprint density at radius 2 is 1.61 bits per heavy atom. The van der Waals surface area contributed by atoms with E-state index >= 15 is 0 Å². The van der Waals surface area contributed by atoms with Crippen molar-refractivity contribution in [2.45, 2.75) is 6.61 Å². The normalized spacial score (nSPS) is 9.33. The number of nitrogen functional groups attached to an aromatic ring is 1. The molecule has 0 amide bonds. The molecule has 2 aromatic carbocycles. The summed E-state index contributed by atoms with van der Waals surface area (Å²) in [5, 5.41) is 7.28. The van der Waals surface area contributed by atoms with Crippen LogP contribution in [0.15, 0.2) is 54.6 Å². The summed E-state index contributed by atoms with van der Waals surface area (Å²) in [6.07, 6.45) is 0. The summed E-state index contributed by atoms with van der Waals surface area (Å²) in [6.45, 7) is 0.542. The van der Waals surface area contributed by atoms with Crippen LogP contribution in [0.3, 0.4) is 0 Å². The molecule has 0 saturated heterocycles. The molecule has 94 valence electrons. The van der Waals surface area contributed by atoms with Gasteiger partial charge in [0, 0.05) is 5.56 Å². The van der Waals surface area contributed by atoms with Gasteiger partial charge in [0.2, 0.25) is 0 Å². The molecule has 0 spiro atoms. The van der Waals surface area contributed by atoms with Crippen LogP contribution < -0.4 is 10.5 Å². The van der Waals surface area contributed by atoms with Gasteiger partial charge in [-0.25, -0.2) is 0 Å². The molecule has 2 aromatic rings. The van der Waals surface area contributed by atoms with Gasteiger partial charge >= 0.3 is 0 Å². The molecule has 0 fully saturated rings. The number of nitrogens with one attached hydrogen (secondary N) is 1. The van der Waals surface area contributed by atoms with Crippen LogP contribution in [0.4, 0.5) is 0 Å². The van der Waals surface area contributed by atoms with Crippen LogP contribution in [0.5, 0.6) is 5.75 Å². The number of ether oxygens (including phenoxy) is 1. The van der Waals surface area contributed by atoms with Crippen molar-refractivity contribution in [2.24, 2.45) is 5.73 Å². The van der Waals surface area contributed by atoms with Gasteiger partial charge in [-0.15, -0.1) is 12.4 Å². The lowest BCUT2D eigenvalue weighted by atomic mass is 10.2. The van der Waals surface area contributed by atoms with E-state index in [1.54, 1.807) is 12.1 Å². The van der Waals surface area contributed by atoms with Gasteiger partial charge < -0.3 is 10.5 Å². The third-order valence-corrected chi connectivity index (χ3v) is 2.41. The van der Waals surface area contributed by atoms with Crippen LogP contribution in [-0.4, -0.2) is 5.84 Å². The van der Waals surface area contributed by atoms with Crippen molar-refractivity contribution in [1.29, 1.82) is 5.41 Å². The van der Waals surface area contributed by atoms with E-state index in [1.165, 1.54) is 0 Å². The monoisotopic (exact) mass is 262 g/mol. The molecule has 0 saturated carbocycles. The summed E-state index contributed by atoms with van der Waals surface area (Å²) in [7, 11) is 0. The number of halogens is 1. The minimum Gasteiger partial charge on any atom is -0.489 e. The summed E-state index contributed by atoms with van der Waals surface area (Å²) in [5.74, 6) is 0.846. The van der Waals surface area contributed by atoms with Crippen LogP contribution in [0.1, 0.15) is 11.1 Å². The molecule has 0 bridgehead atoms. The SMILES string of the molecule is Cl.N=C(N)c1ccc(OCc2ccccc2)cc1. The summed E-state index contributed by atoms with van der Waals surface area (Å²) in [5.41, 5.74) is 7.20. The second-order valence-corrected chi connectivity index (χ2v) is 3.71. The molecule has 0 aliphatic carbocycles. The van der Waals surface area contributed by atoms with E-state index < -0.39 is 0 Å². The molecule has 0 heterocycles. The summed E-state index contributed by atoms with van der Waals surface area (Å²) in [6, 6.07) is 17.2. The van der Waals surface area contributed by atoms with Crippen molar-refractivity contribution in [3.05, 3.63) is 65.7 Å². The molecule has 0 aliphatic heterocycles. The fourth-order valence-corrected chi connectivity index (χ4v) is 1.47. The number of hydrogen-bond acceptors (Lipinski definition) is 2. The third-order valence-electron chi connectivity index (χ3n) is 2.41. The van der Waals surface area contributed by atoms with Crippen molar-refractivity contribution < 1.29 is 4.74 Å². The van der Waals surface area contributed by atoms with E-state index in [0.717, 1.165) is 11.3 Å². The molecule has 18 heavy (non-hydrogen) atoms. The highest BCUT2D eigenvalue weighted by Gasteiger charge is 1.98. The van der Waals surface area contributed by atoms with Gasteiger partial charge in [0.15, 0.2) is 0 Å². The molecular weight excluding hydrogens is 248 g/mol. The quantitative estimate of drug-likeness (QED) is 0.657. The molecule has 3 nitrogen and oxygen atoms in total. The van der Waals surface area contributed by atoms with Crippen molar-refractivity contribution in [3.63, 3.8) is 0 Å². The summed E-state index contributed by atoms with van der Waals surface area (Å²) >= 11 is 0. The van der Waals surface area contributed by atoms with Crippen molar-refractivity contribution in [2.75, 3.05) is 0 Å². The Balaban J connectivity index is 0.00000162. The number of hydrogen-bond donors (Lipinski definition) is 2. The van der Waals surface area contributed by atoms with Gasteiger partial charge in [-0.3, -0.25) is 5.41 Å². The molecule has 0 radical (unpaired) electrons. The zero-order valence-electron chi connectivity index (χ0n) is 9.80. The van der Waals surface area contributed by atoms with Gasteiger partial charge in [-0.2, -0.15) is 0 Å².